The Morgan fingerprint density at radius 3 is 3.00 bits per heavy atom. The molecular formula is C17H27N5OS. The third kappa shape index (κ3) is 4.22. The molecule has 3 heterocycles. The van der Waals surface area contributed by atoms with Crippen LogP contribution >= 0.6 is 11.3 Å². The SMILES string of the molecule is CCn1nnc2c1[C@@H](COCCN(C)C)CN(Cc1cccs1)C2. The molecule has 1 aliphatic heterocycles. The number of fused-ring (bicyclic) bond motifs is 1. The van der Waals surface area contributed by atoms with Crippen LogP contribution in [0.3, 0.4) is 0 Å². The van der Waals surface area contributed by atoms with Crippen LogP contribution in [0.1, 0.15) is 29.1 Å². The van der Waals surface area contributed by atoms with Crippen molar-refractivity contribution in [1.29, 1.82) is 0 Å². The number of hydrogen-bond acceptors (Lipinski definition) is 6. The molecule has 0 spiro atoms. The Hall–Kier alpha value is -1.28. The summed E-state index contributed by atoms with van der Waals surface area (Å²) in [5.41, 5.74) is 2.38. The second-order valence-corrected chi connectivity index (χ2v) is 7.59. The van der Waals surface area contributed by atoms with Gasteiger partial charge in [0.2, 0.25) is 0 Å². The minimum absolute atomic E-state index is 0.339. The number of thiophene rings is 1. The fourth-order valence-electron chi connectivity index (χ4n) is 3.17. The van der Waals surface area contributed by atoms with E-state index in [2.05, 4.69) is 58.6 Å². The van der Waals surface area contributed by atoms with Crippen molar-refractivity contribution in [2.45, 2.75) is 32.5 Å². The van der Waals surface area contributed by atoms with Crippen molar-refractivity contribution in [2.24, 2.45) is 0 Å². The summed E-state index contributed by atoms with van der Waals surface area (Å²) < 4.78 is 8.00. The summed E-state index contributed by atoms with van der Waals surface area (Å²) in [7, 11) is 4.14. The molecule has 0 aromatic carbocycles. The Bertz CT molecular complexity index is 625. The highest BCUT2D eigenvalue weighted by atomic mass is 32.1. The maximum absolute atomic E-state index is 5.96. The van der Waals surface area contributed by atoms with Crippen LogP contribution in [0, 0.1) is 0 Å². The van der Waals surface area contributed by atoms with Crippen molar-refractivity contribution in [1.82, 2.24) is 24.8 Å². The average Bonchev–Trinajstić information content (AvgIpc) is 3.20. The van der Waals surface area contributed by atoms with Gasteiger partial charge in [0.15, 0.2) is 0 Å². The van der Waals surface area contributed by atoms with Crippen molar-refractivity contribution in [3.8, 4) is 0 Å². The summed E-state index contributed by atoms with van der Waals surface area (Å²) in [6.45, 7) is 8.28. The normalized spacial score (nSPS) is 18.2. The van der Waals surface area contributed by atoms with E-state index in [1.165, 1.54) is 10.6 Å². The molecule has 0 aliphatic carbocycles. The maximum atomic E-state index is 5.96. The lowest BCUT2D eigenvalue weighted by Crippen LogP contribution is -2.36. The van der Waals surface area contributed by atoms with Crippen LogP contribution in [-0.2, 0) is 24.4 Å². The summed E-state index contributed by atoms with van der Waals surface area (Å²) >= 11 is 1.81. The van der Waals surface area contributed by atoms with E-state index in [4.69, 9.17) is 4.74 Å². The molecule has 7 heteroatoms. The number of rotatable bonds is 8. The molecule has 0 saturated heterocycles. The number of aromatic nitrogens is 3. The number of hydrogen-bond donors (Lipinski definition) is 0. The molecule has 0 unspecified atom stereocenters. The largest absolute Gasteiger partial charge is 0.379 e. The fraction of sp³-hybridized carbons (Fsp3) is 0.647. The summed E-state index contributed by atoms with van der Waals surface area (Å²) in [4.78, 5) is 6.00. The van der Waals surface area contributed by atoms with Gasteiger partial charge in [-0.3, -0.25) is 4.90 Å². The Morgan fingerprint density at radius 1 is 1.42 bits per heavy atom. The summed E-state index contributed by atoms with van der Waals surface area (Å²) in [5, 5.41) is 10.9. The Morgan fingerprint density at radius 2 is 2.29 bits per heavy atom. The molecule has 132 valence electrons. The zero-order valence-electron chi connectivity index (χ0n) is 14.8. The van der Waals surface area contributed by atoms with Crippen molar-refractivity contribution in [3.05, 3.63) is 33.8 Å². The van der Waals surface area contributed by atoms with Gasteiger partial charge in [0.25, 0.3) is 0 Å². The van der Waals surface area contributed by atoms with Crippen LogP contribution in [0.25, 0.3) is 0 Å². The van der Waals surface area contributed by atoms with Crippen LogP contribution in [0.2, 0.25) is 0 Å². The van der Waals surface area contributed by atoms with Crippen LogP contribution in [0.5, 0.6) is 0 Å². The van der Waals surface area contributed by atoms with Gasteiger partial charge >= 0.3 is 0 Å². The van der Waals surface area contributed by atoms with Crippen molar-refractivity contribution in [3.63, 3.8) is 0 Å². The molecule has 0 N–H and O–H groups in total. The smallest absolute Gasteiger partial charge is 0.100 e. The van der Waals surface area contributed by atoms with E-state index in [1.807, 2.05) is 16.0 Å². The molecule has 0 fully saturated rings. The number of likely N-dealkylation sites (N-methyl/N-ethyl adjacent to an activating group) is 1. The second kappa shape index (κ2) is 8.20. The van der Waals surface area contributed by atoms with Crippen LogP contribution < -0.4 is 0 Å². The van der Waals surface area contributed by atoms with E-state index >= 15 is 0 Å². The molecule has 2 aromatic heterocycles. The molecule has 0 amide bonds. The van der Waals surface area contributed by atoms with E-state index in [9.17, 15) is 0 Å². The average molecular weight is 350 g/mol. The molecule has 2 aromatic rings. The lowest BCUT2D eigenvalue weighted by molar-refractivity contribution is 0.0834. The highest BCUT2D eigenvalue weighted by Crippen LogP contribution is 2.29. The molecular weight excluding hydrogens is 322 g/mol. The quantitative estimate of drug-likeness (QED) is 0.683. The zero-order valence-corrected chi connectivity index (χ0v) is 15.6. The zero-order chi connectivity index (χ0) is 16.9. The molecule has 1 atom stereocenters. The van der Waals surface area contributed by atoms with E-state index in [0.717, 1.165) is 51.6 Å². The fourth-order valence-corrected chi connectivity index (χ4v) is 3.92. The monoisotopic (exact) mass is 349 g/mol. The lowest BCUT2D eigenvalue weighted by Gasteiger charge is -2.32. The minimum atomic E-state index is 0.339. The highest BCUT2D eigenvalue weighted by Gasteiger charge is 2.30. The molecule has 3 rings (SSSR count). The van der Waals surface area contributed by atoms with Gasteiger partial charge in [-0.2, -0.15) is 0 Å². The minimum Gasteiger partial charge on any atom is -0.379 e. The van der Waals surface area contributed by atoms with Gasteiger partial charge in [-0.1, -0.05) is 11.3 Å². The van der Waals surface area contributed by atoms with Gasteiger partial charge in [0, 0.05) is 43.5 Å². The predicted octanol–water partition coefficient (Wildman–Crippen LogP) is 2.04. The van der Waals surface area contributed by atoms with Gasteiger partial charge in [-0.25, -0.2) is 4.68 Å². The topological polar surface area (TPSA) is 46.4 Å². The van der Waals surface area contributed by atoms with E-state index < -0.39 is 0 Å². The van der Waals surface area contributed by atoms with E-state index in [-0.39, 0.29) is 0 Å². The van der Waals surface area contributed by atoms with Crippen LogP contribution in [-0.4, -0.2) is 65.2 Å². The summed E-state index contributed by atoms with van der Waals surface area (Å²) in [5.74, 6) is 0.339. The third-order valence-electron chi connectivity index (χ3n) is 4.35. The van der Waals surface area contributed by atoms with Crippen molar-refractivity contribution >= 4 is 11.3 Å². The molecule has 24 heavy (non-hydrogen) atoms. The first-order valence-corrected chi connectivity index (χ1v) is 9.44. The second-order valence-electron chi connectivity index (χ2n) is 6.56. The maximum Gasteiger partial charge on any atom is 0.100 e. The Balaban J connectivity index is 1.68. The third-order valence-corrected chi connectivity index (χ3v) is 5.21. The van der Waals surface area contributed by atoms with Gasteiger partial charge in [-0.05, 0) is 32.5 Å². The number of nitrogens with zero attached hydrogens (tertiary/aromatic N) is 5. The standard InChI is InChI=1S/C17H27N5OS/c1-4-22-17-14(13-23-8-7-20(2)3)10-21(12-16(17)18-19-22)11-15-6-5-9-24-15/h5-6,9,14H,4,7-8,10-13H2,1-3H3/t14-/m1/s1. The van der Waals surface area contributed by atoms with E-state index in [1.54, 1.807) is 0 Å². The van der Waals surface area contributed by atoms with E-state index in [0.29, 0.717) is 5.92 Å². The predicted molar refractivity (Wildman–Crippen MR) is 96.2 cm³/mol. The van der Waals surface area contributed by atoms with Gasteiger partial charge in [0.05, 0.1) is 18.9 Å². The van der Waals surface area contributed by atoms with Gasteiger partial charge in [0.1, 0.15) is 5.69 Å². The molecule has 6 nitrogen and oxygen atoms in total. The molecule has 0 saturated carbocycles. The first kappa shape index (κ1) is 17.5. The van der Waals surface area contributed by atoms with Crippen LogP contribution in [0.4, 0.5) is 0 Å². The summed E-state index contributed by atoms with van der Waals surface area (Å²) in [6, 6.07) is 4.32. The summed E-state index contributed by atoms with van der Waals surface area (Å²) in [6.07, 6.45) is 0. The van der Waals surface area contributed by atoms with Crippen molar-refractivity contribution < 1.29 is 4.74 Å². The Labute approximate surface area is 148 Å². The van der Waals surface area contributed by atoms with Gasteiger partial charge in [-0.15, -0.1) is 16.4 Å². The molecule has 0 radical (unpaired) electrons. The Kier molecular flexibility index (Phi) is 5.99. The number of ether oxygens (including phenoxy) is 1. The van der Waals surface area contributed by atoms with Crippen LogP contribution in [0.15, 0.2) is 17.5 Å². The first-order valence-electron chi connectivity index (χ1n) is 8.56. The number of aryl methyl sites for hydroxylation is 1. The lowest BCUT2D eigenvalue weighted by atomic mass is 9.99. The van der Waals surface area contributed by atoms with Gasteiger partial charge < -0.3 is 9.64 Å². The molecule has 1 aliphatic rings. The molecule has 0 bridgehead atoms. The first-order chi connectivity index (χ1) is 11.7. The van der Waals surface area contributed by atoms with Crippen molar-refractivity contribution in [2.75, 3.05) is 40.4 Å². The highest BCUT2D eigenvalue weighted by molar-refractivity contribution is 7.09.